The second-order valence-corrected chi connectivity index (χ2v) is 2.40. The van der Waals surface area contributed by atoms with E-state index in [1.807, 2.05) is 0 Å². The molecule has 0 aliphatic rings. The number of aromatic nitrogens is 6. The van der Waals surface area contributed by atoms with Crippen LogP contribution >= 0.6 is 0 Å². The van der Waals surface area contributed by atoms with Crippen LogP contribution in [0, 0.1) is 6.33 Å². The van der Waals surface area contributed by atoms with Crippen molar-refractivity contribution in [3.05, 3.63) is 12.5 Å². The lowest BCUT2D eigenvalue weighted by Gasteiger charge is -1.81. The normalized spacial score (nSPS) is 10.7. The second kappa shape index (κ2) is 2.97. The number of rotatable bonds is 2. The summed E-state index contributed by atoms with van der Waals surface area (Å²) in [5, 5.41) is 17.6. The summed E-state index contributed by atoms with van der Waals surface area (Å²) in [6.07, 6.45) is 3.58. The molecule has 3 aromatic heterocycles. The van der Waals surface area contributed by atoms with Gasteiger partial charge in [0.25, 0.3) is 5.89 Å². The van der Waals surface area contributed by atoms with Crippen molar-refractivity contribution in [3.8, 4) is 23.4 Å². The molecule has 0 N–H and O–H groups in total. The van der Waals surface area contributed by atoms with E-state index in [-0.39, 0.29) is 17.7 Å². The maximum absolute atomic E-state index is 5.17. The summed E-state index contributed by atoms with van der Waals surface area (Å²) in [7, 11) is 0. The maximum Gasteiger partial charge on any atom is 0.315 e. The summed E-state index contributed by atoms with van der Waals surface area (Å²) < 4.78 is 14.2. The Labute approximate surface area is 81.1 Å². The topological polar surface area (TPSA) is 117 Å². The zero-order valence-corrected chi connectivity index (χ0v) is 6.99. The Hall–Kier alpha value is -2.58. The fraction of sp³-hybridized carbons (Fsp3) is 0. The Bertz CT molecular complexity index is 492. The molecule has 0 unspecified atom stereocenters. The van der Waals surface area contributed by atoms with Crippen molar-refractivity contribution in [2.45, 2.75) is 0 Å². The molecule has 3 heterocycles. The summed E-state index contributed by atoms with van der Waals surface area (Å²) in [6, 6.07) is 0. The third kappa shape index (κ3) is 1.25. The van der Waals surface area contributed by atoms with Crippen LogP contribution in [0.1, 0.15) is 0 Å². The van der Waals surface area contributed by atoms with Gasteiger partial charge in [0.05, 0.1) is 0 Å². The van der Waals surface area contributed by atoms with Gasteiger partial charge in [-0.15, -0.1) is 10.2 Å². The smallest absolute Gasteiger partial charge is 0.315 e. The molecule has 3 rings (SSSR count). The van der Waals surface area contributed by atoms with Crippen molar-refractivity contribution in [1.29, 1.82) is 0 Å². The minimum atomic E-state index is 0.0850. The Kier molecular flexibility index (Phi) is 1.54. The quantitative estimate of drug-likeness (QED) is 0.568. The summed E-state index contributed by atoms with van der Waals surface area (Å²) in [6.45, 7) is 0. The average Bonchev–Trinajstić information content (AvgIpc) is 3.02. The minimum absolute atomic E-state index is 0.0850. The summed E-state index contributed by atoms with van der Waals surface area (Å²) in [4.78, 5) is 3.62. The van der Waals surface area contributed by atoms with E-state index in [1.165, 1.54) is 6.20 Å². The van der Waals surface area contributed by atoms with Crippen LogP contribution in [0.4, 0.5) is 0 Å². The van der Waals surface area contributed by atoms with Crippen LogP contribution in [0.2, 0.25) is 0 Å². The molecule has 3 aromatic rings. The average molecular weight is 205 g/mol. The number of nitrogens with zero attached hydrogens (tertiary/aromatic N) is 6. The van der Waals surface area contributed by atoms with Gasteiger partial charge in [-0.25, -0.2) is 4.63 Å². The Balaban J connectivity index is 2.02. The highest BCUT2D eigenvalue weighted by atomic mass is 16.6. The highest BCUT2D eigenvalue weighted by molar-refractivity contribution is 5.46. The Morgan fingerprint density at radius 3 is 2.80 bits per heavy atom. The van der Waals surface area contributed by atoms with E-state index in [1.54, 1.807) is 0 Å². The summed E-state index contributed by atoms with van der Waals surface area (Å²) >= 11 is 0. The van der Waals surface area contributed by atoms with Crippen LogP contribution < -0.4 is 0 Å². The van der Waals surface area contributed by atoms with Gasteiger partial charge in [-0.1, -0.05) is 10.3 Å². The van der Waals surface area contributed by atoms with E-state index in [2.05, 4.69) is 46.1 Å². The molecule has 0 fully saturated rings. The van der Waals surface area contributed by atoms with Crippen molar-refractivity contribution in [2.24, 2.45) is 0 Å². The van der Waals surface area contributed by atoms with Crippen molar-refractivity contribution < 1.29 is 13.6 Å². The largest absolute Gasteiger partial charge is 0.410 e. The monoisotopic (exact) mass is 205 g/mol. The Morgan fingerprint density at radius 2 is 2.07 bits per heavy atom. The number of hydrogen-bond acceptors (Lipinski definition) is 9. The molecule has 0 atom stereocenters. The van der Waals surface area contributed by atoms with Crippen LogP contribution in [0.15, 0.2) is 19.8 Å². The molecule has 9 heteroatoms. The molecule has 15 heavy (non-hydrogen) atoms. The SMILES string of the molecule is [c]1noc(-c2nnc(-c3cnon3)o2)n1. The van der Waals surface area contributed by atoms with E-state index in [0.29, 0.717) is 5.69 Å². The predicted molar refractivity (Wildman–Crippen MR) is 39.7 cm³/mol. The van der Waals surface area contributed by atoms with Crippen molar-refractivity contribution in [3.63, 3.8) is 0 Å². The molecule has 0 saturated carbocycles. The molecule has 0 bridgehead atoms. The standard InChI is InChI=1S/C6HN6O3/c1-3(12-15-8-1)4-10-11-6(13-4)5-7-2-9-14-5/h1H. The predicted octanol–water partition coefficient (Wildman–Crippen LogP) is -0.0302. The number of hydrogen-bond donors (Lipinski definition) is 0. The zero-order valence-electron chi connectivity index (χ0n) is 6.99. The lowest BCUT2D eigenvalue weighted by molar-refractivity contribution is 0.307. The van der Waals surface area contributed by atoms with E-state index in [9.17, 15) is 0 Å². The van der Waals surface area contributed by atoms with Gasteiger partial charge >= 0.3 is 11.8 Å². The molecule has 0 aliphatic carbocycles. The molecule has 73 valence electrons. The lowest BCUT2D eigenvalue weighted by Crippen LogP contribution is -1.76. The van der Waals surface area contributed by atoms with E-state index < -0.39 is 0 Å². The first-order chi connectivity index (χ1) is 7.43. The highest BCUT2D eigenvalue weighted by Crippen LogP contribution is 2.19. The van der Waals surface area contributed by atoms with Gasteiger partial charge < -0.3 is 8.94 Å². The van der Waals surface area contributed by atoms with Gasteiger partial charge in [0.15, 0.2) is 5.69 Å². The molecule has 0 saturated heterocycles. The third-order valence-corrected chi connectivity index (χ3v) is 1.51. The molecule has 0 spiro atoms. The van der Waals surface area contributed by atoms with Gasteiger partial charge in [0.1, 0.15) is 6.20 Å². The van der Waals surface area contributed by atoms with Crippen LogP contribution in [0.25, 0.3) is 23.4 Å². The minimum Gasteiger partial charge on any atom is -0.410 e. The van der Waals surface area contributed by atoms with Crippen LogP contribution in [-0.4, -0.2) is 30.7 Å². The second-order valence-electron chi connectivity index (χ2n) is 2.40. The van der Waals surface area contributed by atoms with Gasteiger partial charge in [0, 0.05) is 0 Å². The fourth-order valence-corrected chi connectivity index (χ4v) is 0.909. The fourth-order valence-electron chi connectivity index (χ4n) is 0.909. The van der Waals surface area contributed by atoms with Crippen molar-refractivity contribution in [2.75, 3.05) is 0 Å². The van der Waals surface area contributed by atoms with Gasteiger partial charge in [-0.2, -0.15) is 4.98 Å². The molecule has 1 radical (unpaired) electrons. The van der Waals surface area contributed by atoms with E-state index in [4.69, 9.17) is 4.42 Å². The highest BCUT2D eigenvalue weighted by Gasteiger charge is 2.16. The van der Waals surface area contributed by atoms with Crippen LogP contribution in [0.5, 0.6) is 0 Å². The maximum atomic E-state index is 5.17. The Morgan fingerprint density at radius 1 is 1.13 bits per heavy atom. The van der Waals surface area contributed by atoms with Crippen LogP contribution in [0.3, 0.4) is 0 Å². The molecule has 0 aromatic carbocycles. The zero-order chi connectivity index (χ0) is 10.1. The molecule has 0 aliphatic heterocycles. The van der Waals surface area contributed by atoms with Crippen molar-refractivity contribution in [1.82, 2.24) is 30.7 Å². The first kappa shape index (κ1) is 7.79. The molecule has 9 nitrogen and oxygen atoms in total. The molecular formula is C6HN6O3. The van der Waals surface area contributed by atoms with E-state index in [0.717, 1.165) is 0 Å². The van der Waals surface area contributed by atoms with Crippen molar-refractivity contribution >= 4 is 0 Å². The lowest BCUT2D eigenvalue weighted by atomic mass is 10.5. The van der Waals surface area contributed by atoms with Crippen LogP contribution in [-0.2, 0) is 0 Å². The van der Waals surface area contributed by atoms with Gasteiger partial charge in [-0.3, -0.25) is 0 Å². The molecular weight excluding hydrogens is 204 g/mol. The van der Waals surface area contributed by atoms with Gasteiger partial charge in [-0.05, 0) is 5.16 Å². The van der Waals surface area contributed by atoms with E-state index >= 15 is 0 Å². The van der Waals surface area contributed by atoms with Gasteiger partial charge in [0.2, 0.25) is 6.33 Å². The summed E-state index contributed by atoms with van der Waals surface area (Å²) in [5.41, 5.74) is 0.331. The first-order valence-electron chi connectivity index (χ1n) is 3.75. The molecule has 0 amide bonds. The third-order valence-electron chi connectivity index (χ3n) is 1.51. The summed E-state index contributed by atoms with van der Waals surface area (Å²) in [5.74, 6) is 0.330. The first-order valence-corrected chi connectivity index (χ1v) is 3.75.